The first-order chi connectivity index (χ1) is 9.83. The topological polar surface area (TPSA) is 44.8 Å². The number of nitrogens with one attached hydrogen (secondary N) is 1. The van der Waals surface area contributed by atoms with Crippen LogP contribution in [0.2, 0.25) is 0 Å². The van der Waals surface area contributed by atoms with E-state index < -0.39 is 0 Å². The Labute approximate surface area is 121 Å². The lowest BCUT2D eigenvalue weighted by atomic mass is 10.1. The smallest absolute Gasteiger partial charge is 0.224 e. The fraction of sp³-hybridized carbons (Fsp3) is 0.933. The third-order valence-electron chi connectivity index (χ3n) is 4.90. The lowest BCUT2D eigenvalue weighted by Crippen LogP contribution is -2.52. The Morgan fingerprint density at radius 2 is 2.00 bits per heavy atom. The van der Waals surface area contributed by atoms with E-state index >= 15 is 0 Å². The van der Waals surface area contributed by atoms with Crippen molar-refractivity contribution in [1.82, 2.24) is 15.1 Å². The van der Waals surface area contributed by atoms with Gasteiger partial charge in [0.1, 0.15) is 0 Å². The van der Waals surface area contributed by atoms with Gasteiger partial charge in [-0.2, -0.15) is 0 Å². The highest BCUT2D eigenvalue weighted by Gasteiger charge is 2.32. The molecule has 3 saturated heterocycles. The van der Waals surface area contributed by atoms with Crippen LogP contribution in [0.3, 0.4) is 0 Å². The van der Waals surface area contributed by atoms with Crippen LogP contribution >= 0.6 is 0 Å². The molecule has 20 heavy (non-hydrogen) atoms. The molecule has 0 aromatic heterocycles. The van der Waals surface area contributed by atoms with E-state index in [0.717, 1.165) is 45.6 Å². The lowest BCUT2D eigenvalue weighted by Gasteiger charge is -2.37. The molecule has 3 heterocycles. The van der Waals surface area contributed by atoms with Crippen LogP contribution in [0.15, 0.2) is 0 Å². The Balaban J connectivity index is 1.36. The molecule has 0 spiro atoms. The highest BCUT2D eigenvalue weighted by molar-refractivity contribution is 5.76. The maximum atomic E-state index is 12.2. The molecular weight excluding hydrogens is 254 g/mol. The summed E-state index contributed by atoms with van der Waals surface area (Å²) in [5, 5.41) is 3.33. The maximum Gasteiger partial charge on any atom is 0.224 e. The summed E-state index contributed by atoms with van der Waals surface area (Å²) in [5.74, 6) is 0.283. The van der Waals surface area contributed by atoms with Crippen LogP contribution in [0.1, 0.15) is 32.1 Å². The molecule has 3 rings (SSSR count). The van der Waals surface area contributed by atoms with Gasteiger partial charge in [0, 0.05) is 25.7 Å². The number of hydrogen-bond acceptors (Lipinski definition) is 4. The van der Waals surface area contributed by atoms with Crippen molar-refractivity contribution in [3.05, 3.63) is 0 Å². The zero-order valence-corrected chi connectivity index (χ0v) is 12.4. The van der Waals surface area contributed by atoms with Crippen molar-refractivity contribution in [1.29, 1.82) is 0 Å². The van der Waals surface area contributed by atoms with Crippen molar-refractivity contribution in [2.75, 3.05) is 45.9 Å². The Hall–Kier alpha value is -0.650. The van der Waals surface area contributed by atoms with Gasteiger partial charge in [-0.1, -0.05) is 0 Å². The quantitative estimate of drug-likeness (QED) is 0.813. The monoisotopic (exact) mass is 281 g/mol. The maximum absolute atomic E-state index is 12.2. The summed E-state index contributed by atoms with van der Waals surface area (Å²) in [7, 11) is 0. The highest BCUT2D eigenvalue weighted by atomic mass is 16.5. The molecule has 1 unspecified atom stereocenters. The SMILES string of the molecule is O=C(CCOC1CCNCC1)N1CCN2CCCC2C1. The van der Waals surface area contributed by atoms with Crippen LogP contribution in [-0.4, -0.2) is 73.7 Å². The van der Waals surface area contributed by atoms with Gasteiger partial charge in [-0.25, -0.2) is 0 Å². The predicted octanol–water partition coefficient (Wildman–Crippen LogP) is 0.452. The number of nitrogens with zero attached hydrogens (tertiary/aromatic N) is 2. The average Bonchev–Trinajstić information content (AvgIpc) is 2.95. The van der Waals surface area contributed by atoms with E-state index in [2.05, 4.69) is 15.1 Å². The normalized spacial score (nSPS) is 28.6. The third kappa shape index (κ3) is 3.51. The third-order valence-corrected chi connectivity index (χ3v) is 4.90. The van der Waals surface area contributed by atoms with Crippen LogP contribution < -0.4 is 5.32 Å². The van der Waals surface area contributed by atoms with E-state index in [1.807, 2.05) is 0 Å². The fourth-order valence-electron chi connectivity index (χ4n) is 3.65. The van der Waals surface area contributed by atoms with Crippen molar-refractivity contribution >= 4 is 5.91 Å². The Morgan fingerprint density at radius 1 is 1.15 bits per heavy atom. The highest BCUT2D eigenvalue weighted by Crippen LogP contribution is 2.21. The van der Waals surface area contributed by atoms with Gasteiger partial charge < -0.3 is 15.0 Å². The molecular formula is C15H27N3O2. The molecule has 5 nitrogen and oxygen atoms in total. The number of carbonyl (C=O) groups excluding carboxylic acids is 1. The zero-order valence-electron chi connectivity index (χ0n) is 12.4. The zero-order chi connectivity index (χ0) is 13.8. The minimum absolute atomic E-state index is 0.283. The van der Waals surface area contributed by atoms with E-state index in [-0.39, 0.29) is 5.91 Å². The van der Waals surface area contributed by atoms with Gasteiger partial charge >= 0.3 is 0 Å². The van der Waals surface area contributed by atoms with Gasteiger partial charge in [0.05, 0.1) is 19.1 Å². The Bertz CT molecular complexity index is 331. The number of piperidine rings is 1. The number of hydrogen-bond donors (Lipinski definition) is 1. The second-order valence-electron chi connectivity index (χ2n) is 6.24. The molecule has 0 aliphatic carbocycles. The predicted molar refractivity (Wildman–Crippen MR) is 77.6 cm³/mol. The first-order valence-electron chi connectivity index (χ1n) is 8.17. The minimum Gasteiger partial charge on any atom is -0.378 e. The summed E-state index contributed by atoms with van der Waals surface area (Å²) < 4.78 is 5.83. The second-order valence-corrected chi connectivity index (χ2v) is 6.24. The Kier molecular flexibility index (Phi) is 4.91. The number of amides is 1. The number of rotatable bonds is 4. The van der Waals surface area contributed by atoms with Crippen molar-refractivity contribution in [3.8, 4) is 0 Å². The van der Waals surface area contributed by atoms with Crippen molar-refractivity contribution in [3.63, 3.8) is 0 Å². The van der Waals surface area contributed by atoms with E-state index in [0.29, 0.717) is 25.2 Å². The van der Waals surface area contributed by atoms with Crippen LogP contribution in [0.4, 0.5) is 0 Å². The summed E-state index contributed by atoms with van der Waals surface area (Å²) in [6.07, 6.45) is 5.62. The van der Waals surface area contributed by atoms with Gasteiger partial charge in [-0.15, -0.1) is 0 Å². The first kappa shape index (κ1) is 14.3. The van der Waals surface area contributed by atoms with Gasteiger partial charge in [0.15, 0.2) is 0 Å². The lowest BCUT2D eigenvalue weighted by molar-refractivity contribution is -0.135. The molecule has 3 aliphatic heterocycles. The van der Waals surface area contributed by atoms with E-state index in [1.54, 1.807) is 0 Å². The van der Waals surface area contributed by atoms with Crippen LogP contribution in [0.5, 0.6) is 0 Å². The van der Waals surface area contributed by atoms with Crippen molar-refractivity contribution in [2.24, 2.45) is 0 Å². The number of ether oxygens (including phenoxy) is 1. The molecule has 3 aliphatic rings. The summed E-state index contributed by atoms with van der Waals surface area (Å²) >= 11 is 0. The van der Waals surface area contributed by atoms with Crippen LogP contribution in [0.25, 0.3) is 0 Å². The van der Waals surface area contributed by atoms with Gasteiger partial charge in [0.25, 0.3) is 0 Å². The number of fused-ring (bicyclic) bond motifs is 1. The standard InChI is InChI=1S/C15H27N3O2/c19-15(5-11-20-14-3-6-16-7-4-14)18-10-9-17-8-1-2-13(17)12-18/h13-14,16H,1-12H2. The summed E-state index contributed by atoms with van der Waals surface area (Å²) in [5.41, 5.74) is 0. The van der Waals surface area contributed by atoms with Crippen molar-refractivity contribution < 1.29 is 9.53 Å². The average molecular weight is 281 g/mol. The summed E-state index contributed by atoms with van der Waals surface area (Å²) in [6.45, 7) is 6.81. The summed E-state index contributed by atoms with van der Waals surface area (Å²) in [4.78, 5) is 16.8. The van der Waals surface area contributed by atoms with E-state index in [9.17, 15) is 4.79 Å². The Morgan fingerprint density at radius 3 is 2.85 bits per heavy atom. The molecule has 5 heteroatoms. The fourth-order valence-corrected chi connectivity index (χ4v) is 3.65. The molecule has 1 N–H and O–H groups in total. The molecule has 0 saturated carbocycles. The number of carbonyl (C=O) groups is 1. The molecule has 114 valence electrons. The first-order valence-corrected chi connectivity index (χ1v) is 8.17. The molecule has 0 bridgehead atoms. The molecule has 0 aromatic rings. The largest absolute Gasteiger partial charge is 0.378 e. The van der Waals surface area contributed by atoms with E-state index in [4.69, 9.17) is 4.74 Å². The molecule has 1 atom stereocenters. The number of piperazine rings is 1. The second kappa shape index (κ2) is 6.87. The molecule has 1 amide bonds. The summed E-state index contributed by atoms with van der Waals surface area (Å²) in [6, 6.07) is 0.623. The molecule has 0 radical (unpaired) electrons. The minimum atomic E-state index is 0.283. The van der Waals surface area contributed by atoms with Gasteiger partial charge in [-0.05, 0) is 45.3 Å². The van der Waals surface area contributed by atoms with E-state index in [1.165, 1.54) is 19.4 Å². The van der Waals surface area contributed by atoms with Gasteiger partial charge in [-0.3, -0.25) is 9.69 Å². The van der Waals surface area contributed by atoms with Crippen LogP contribution in [0, 0.1) is 0 Å². The van der Waals surface area contributed by atoms with Gasteiger partial charge in [0.2, 0.25) is 5.91 Å². The molecule has 3 fully saturated rings. The van der Waals surface area contributed by atoms with Crippen molar-refractivity contribution in [2.45, 2.75) is 44.2 Å². The van der Waals surface area contributed by atoms with Crippen LogP contribution in [-0.2, 0) is 9.53 Å². The molecule has 0 aromatic carbocycles.